The summed E-state index contributed by atoms with van der Waals surface area (Å²) in [6.07, 6.45) is -1.68. The summed E-state index contributed by atoms with van der Waals surface area (Å²) < 4.78 is 5.06. The van der Waals surface area contributed by atoms with Crippen LogP contribution in [-0.4, -0.2) is 48.2 Å². The summed E-state index contributed by atoms with van der Waals surface area (Å²) in [5.41, 5.74) is 0.515. The van der Waals surface area contributed by atoms with Crippen LogP contribution in [0.15, 0.2) is 16.6 Å². The molecule has 2 rings (SSSR count). The van der Waals surface area contributed by atoms with Crippen LogP contribution < -0.4 is 10.6 Å². The van der Waals surface area contributed by atoms with E-state index in [1.54, 1.807) is 20.8 Å². The van der Waals surface area contributed by atoms with Crippen LogP contribution in [0.5, 0.6) is 0 Å². The van der Waals surface area contributed by atoms with Crippen LogP contribution >= 0.6 is 11.3 Å². The van der Waals surface area contributed by atoms with E-state index in [0.717, 1.165) is 10.4 Å². The number of nitrogens with zero attached hydrogens (tertiary/aromatic N) is 1. The third-order valence-electron chi connectivity index (χ3n) is 3.16. The summed E-state index contributed by atoms with van der Waals surface area (Å²) in [5.74, 6) is -0.444. The summed E-state index contributed by atoms with van der Waals surface area (Å²) in [6, 6.07) is 1.18. The van der Waals surface area contributed by atoms with Crippen molar-refractivity contribution in [3.63, 3.8) is 0 Å². The Morgan fingerprint density at radius 1 is 1.42 bits per heavy atom. The van der Waals surface area contributed by atoms with Crippen molar-refractivity contribution in [2.45, 2.75) is 38.5 Å². The molecule has 0 aliphatic heterocycles. The molecular weight excluding hydrogens is 334 g/mol. The van der Waals surface area contributed by atoms with Crippen molar-refractivity contribution < 1.29 is 24.3 Å². The van der Waals surface area contributed by atoms with E-state index in [2.05, 4.69) is 15.8 Å². The van der Waals surface area contributed by atoms with Crippen LogP contribution in [0.2, 0.25) is 0 Å². The number of amides is 2. The maximum atomic E-state index is 12.1. The Hall–Kier alpha value is -2.13. The minimum atomic E-state index is -1.00. The number of hydrogen-bond donors (Lipinski definition) is 3. The number of fused-ring (bicyclic) bond motifs is 1. The highest BCUT2D eigenvalue weighted by Gasteiger charge is 2.39. The highest BCUT2D eigenvalue weighted by Crippen LogP contribution is 2.35. The molecule has 1 aromatic rings. The van der Waals surface area contributed by atoms with Gasteiger partial charge in [-0.2, -0.15) is 0 Å². The molecule has 2 amide bonds. The number of alkyl carbamates (subject to hydrolysis) is 1. The van der Waals surface area contributed by atoms with E-state index in [-0.39, 0.29) is 6.54 Å². The van der Waals surface area contributed by atoms with Gasteiger partial charge < -0.3 is 25.3 Å². The van der Waals surface area contributed by atoms with Crippen LogP contribution in [0, 0.1) is 0 Å². The lowest BCUT2D eigenvalue weighted by molar-refractivity contribution is -0.121. The maximum Gasteiger partial charge on any atom is 0.408 e. The fraction of sp³-hybridized carbons (Fsp3) is 0.533. The molecule has 1 aliphatic rings. The number of aliphatic hydroxyl groups excluding tert-OH is 1. The predicted octanol–water partition coefficient (Wildman–Crippen LogP) is 1.16. The van der Waals surface area contributed by atoms with Crippen LogP contribution in [0.4, 0.5) is 4.79 Å². The summed E-state index contributed by atoms with van der Waals surface area (Å²) in [6.45, 7) is 4.94. The van der Waals surface area contributed by atoms with Gasteiger partial charge in [-0.25, -0.2) is 4.79 Å². The van der Waals surface area contributed by atoms with Gasteiger partial charge >= 0.3 is 6.09 Å². The van der Waals surface area contributed by atoms with E-state index < -0.39 is 29.7 Å². The van der Waals surface area contributed by atoms with Crippen molar-refractivity contribution in [1.82, 2.24) is 10.6 Å². The number of ether oxygens (including phenoxy) is 1. The standard InChI is InChI=1S/C15H21N3O5S/c1-15(2,3)23-14(21)16-7-9(19)17-10-8-5-6-24-13(8)11(12(10)20)18-22-4/h5-6,10,12,20H,7H2,1-4H3,(H,16,21)(H,17,19)/t10-,12-/m0/s1. The van der Waals surface area contributed by atoms with E-state index >= 15 is 0 Å². The molecule has 8 nitrogen and oxygen atoms in total. The van der Waals surface area contributed by atoms with E-state index in [1.807, 2.05) is 11.4 Å². The molecule has 1 aromatic heterocycles. The zero-order valence-electron chi connectivity index (χ0n) is 14.0. The summed E-state index contributed by atoms with van der Waals surface area (Å²) in [7, 11) is 1.39. The number of oxime groups is 1. The Morgan fingerprint density at radius 2 is 2.12 bits per heavy atom. The molecular formula is C15H21N3O5S. The van der Waals surface area contributed by atoms with Gasteiger partial charge in [0.25, 0.3) is 0 Å². The Bertz CT molecular complexity index is 650. The number of hydrogen-bond acceptors (Lipinski definition) is 7. The smallest absolute Gasteiger partial charge is 0.408 e. The van der Waals surface area contributed by atoms with Crippen molar-refractivity contribution >= 4 is 29.0 Å². The largest absolute Gasteiger partial charge is 0.444 e. The van der Waals surface area contributed by atoms with Crippen molar-refractivity contribution in [1.29, 1.82) is 0 Å². The van der Waals surface area contributed by atoms with Crippen molar-refractivity contribution in [3.05, 3.63) is 21.9 Å². The first-order valence-electron chi connectivity index (χ1n) is 7.36. The average Bonchev–Trinajstić information content (AvgIpc) is 3.02. The van der Waals surface area contributed by atoms with Crippen LogP contribution in [0.3, 0.4) is 0 Å². The molecule has 0 spiro atoms. The number of carbonyl (C=O) groups is 2. The van der Waals surface area contributed by atoms with Crippen molar-refractivity contribution in [2.24, 2.45) is 5.16 Å². The minimum absolute atomic E-state index is 0.256. The molecule has 0 radical (unpaired) electrons. The third kappa shape index (κ3) is 4.24. The number of carbonyl (C=O) groups excluding carboxylic acids is 2. The third-order valence-corrected chi connectivity index (χ3v) is 4.11. The maximum absolute atomic E-state index is 12.1. The normalized spacial score (nSPS) is 21.3. The van der Waals surface area contributed by atoms with E-state index in [9.17, 15) is 14.7 Å². The molecule has 0 saturated heterocycles. The SMILES string of the molecule is CON=C1c2sccc2[C@H](NC(=O)CNC(=O)OC(C)(C)C)[C@@H]1O. The molecule has 0 aromatic carbocycles. The molecule has 3 N–H and O–H groups in total. The lowest BCUT2D eigenvalue weighted by Gasteiger charge is -2.20. The first-order chi connectivity index (χ1) is 11.2. The fourth-order valence-electron chi connectivity index (χ4n) is 2.28. The molecule has 0 unspecified atom stereocenters. The van der Waals surface area contributed by atoms with Gasteiger partial charge in [0.1, 0.15) is 31.1 Å². The molecule has 0 saturated carbocycles. The second kappa shape index (κ2) is 7.18. The highest BCUT2D eigenvalue weighted by molar-refractivity contribution is 7.12. The highest BCUT2D eigenvalue weighted by atomic mass is 32.1. The zero-order valence-corrected chi connectivity index (χ0v) is 14.8. The molecule has 2 atom stereocenters. The first-order valence-corrected chi connectivity index (χ1v) is 8.24. The topological polar surface area (TPSA) is 109 Å². The number of aliphatic hydroxyl groups is 1. The van der Waals surface area contributed by atoms with Gasteiger partial charge in [-0.05, 0) is 37.8 Å². The molecule has 0 bridgehead atoms. The van der Waals surface area contributed by atoms with Crippen LogP contribution in [0.25, 0.3) is 0 Å². The van der Waals surface area contributed by atoms with Crippen LogP contribution in [0.1, 0.15) is 37.3 Å². The number of nitrogens with one attached hydrogen (secondary N) is 2. The quantitative estimate of drug-likeness (QED) is 0.702. The fourth-order valence-corrected chi connectivity index (χ4v) is 3.24. The van der Waals surface area contributed by atoms with Gasteiger partial charge in [0.2, 0.25) is 5.91 Å². The summed E-state index contributed by atoms with van der Waals surface area (Å²) in [5, 5.41) is 21.1. The summed E-state index contributed by atoms with van der Waals surface area (Å²) in [4.78, 5) is 29.1. The van der Waals surface area contributed by atoms with Gasteiger partial charge in [-0.1, -0.05) is 5.16 Å². The minimum Gasteiger partial charge on any atom is -0.444 e. The average molecular weight is 355 g/mol. The molecule has 9 heteroatoms. The molecule has 24 heavy (non-hydrogen) atoms. The second-order valence-electron chi connectivity index (χ2n) is 6.21. The molecule has 1 aliphatic carbocycles. The van der Waals surface area contributed by atoms with Gasteiger partial charge in [0.05, 0.1) is 10.9 Å². The molecule has 132 valence electrons. The van der Waals surface area contributed by atoms with Gasteiger partial charge in [-0.15, -0.1) is 11.3 Å². The monoisotopic (exact) mass is 355 g/mol. The Labute approximate surface area is 143 Å². The molecule has 0 fully saturated rings. The van der Waals surface area contributed by atoms with Crippen LogP contribution in [-0.2, 0) is 14.4 Å². The Morgan fingerprint density at radius 3 is 2.75 bits per heavy atom. The van der Waals surface area contributed by atoms with E-state index in [4.69, 9.17) is 9.57 Å². The van der Waals surface area contributed by atoms with Gasteiger partial charge in [0, 0.05) is 0 Å². The number of thiophene rings is 1. The Kier molecular flexibility index (Phi) is 5.45. The van der Waals surface area contributed by atoms with Crippen molar-refractivity contribution in [2.75, 3.05) is 13.7 Å². The number of rotatable bonds is 4. The van der Waals surface area contributed by atoms with Gasteiger partial charge in [-0.3, -0.25) is 4.79 Å². The zero-order chi connectivity index (χ0) is 17.9. The van der Waals surface area contributed by atoms with E-state index in [0.29, 0.717) is 5.71 Å². The molecule has 1 heterocycles. The predicted molar refractivity (Wildman–Crippen MR) is 89.0 cm³/mol. The Balaban J connectivity index is 1.95. The van der Waals surface area contributed by atoms with Gasteiger partial charge in [0.15, 0.2) is 0 Å². The first kappa shape index (κ1) is 18.2. The van der Waals surface area contributed by atoms with E-state index in [1.165, 1.54) is 18.4 Å². The lowest BCUT2D eigenvalue weighted by atomic mass is 10.1. The lowest BCUT2D eigenvalue weighted by Crippen LogP contribution is -2.43. The van der Waals surface area contributed by atoms with Crippen molar-refractivity contribution in [3.8, 4) is 0 Å². The second-order valence-corrected chi connectivity index (χ2v) is 7.13. The summed E-state index contributed by atoms with van der Waals surface area (Å²) >= 11 is 1.41.